The minimum atomic E-state index is -3.35. The molecule has 31 heavy (non-hydrogen) atoms. The summed E-state index contributed by atoms with van der Waals surface area (Å²) in [6.07, 6.45) is 0.378. The average molecular weight is 465 g/mol. The number of carbonyl (C=O) groups excluding carboxylic acids is 1. The number of nitrogens with zero attached hydrogens (tertiary/aromatic N) is 4. The van der Waals surface area contributed by atoms with Gasteiger partial charge in [0, 0.05) is 13.6 Å². The molecule has 2 aromatic heterocycles. The second-order valence-corrected chi connectivity index (χ2v) is 9.79. The highest BCUT2D eigenvalue weighted by Crippen LogP contribution is 2.23. The van der Waals surface area contributed by atoms with Gasteiger partial charge in [-0.2, -0.15) is 4.98 Å². The Labute approximate surface area is 185 Å². The second-order valence-electron chi connectivity index (χ2n) is 6.83. The van der Waals surface area contributed by atoms with Crippen molar-refractivity contribution >= 4 is 33.0 Å². The van der Waals surface area contributed by atoms with E-state index in [9.17, 15) is 13.2 Å². The molecule has 0 aliphatic rings. The summed E-state index contributed by atoms with van der Waals surface area (Å²) in [4.78, 5) is 19.7. The molecular formula is C20H24N4O5S2. The molecule has 11 heteroatoms. The first-order chi connectivity index (χ1) is 14.7. The number of thiophene rings is 1. The Kier molecular flexibility index (Phi) is 6.96. The lowest BCUT2D eigenvalue weighted by molar-refractivity contribution is -0.138. The van der Waals surface area contributed by atoms with Crippen LogP contribution < -0.4 is 9.04 Å². The molecule has 2 heterocycles. The minimum absolute atomic E-state index is 0.180. The van der Waals surface area contributed by atoms with E-state index < -0.39 is 16.1 Å². The first-order valence-corrected chi connectivity index (χ1v) is 12.3. The van der Waals surface area contributed by atoms with E-state index in [2.05, 4.69) is 10.1 Å². The Hall–Kier alpha value is -2.92. The van der Waals surface area contributed by atoms with Gasteiger partial charge in [-0.1, -0.05) is 11.2 Å². The minimum Gasteiger partial charge on any atom is -0.481 e. The van der Waals surface area contributed by atoms with E-state index in [1.807, 2.05) is 24.4 Å². The van der Waals surface area contributed by atoms with Crippen molar-refractivity contribution in [1.29, 1.82) is 0 Å². The smallest absolute Gasteiger partial charge is 0.263 e. The van der Waals surface area contributed by atoms with Gasteiger partial charge in [-0.25, -0.2) is 8.42 Å². The van der Waals surface area contributed by atoms with Crippen LogP contribution in [-0.4, -0.2) is 55.3 Å². The lowest BCUT2D eigenvalue weighted by Gasteiger charge is -2.23. The molecular weight excluding hydrogens is 440 g/mol. The topological polar surface area (TPSA) is 106 Å². The van der Waals surface area contributed by atoms with Crippen LogP contribution >= 0.6 is 11.3 Å². The van der Waals surface area contributed by atoms with Gasteiger partial charge in [-0.3, -0.25) is 9.10 Å². The van der Waals surface area contributed by atoms with Crippen LogP contribution in [0.1, 0.15) is 19.7 Å². The molecule has 0 spiro atoms. The molecule has 0 fully saturated rings. The van der Waals surface area contributed by atoms with Gasteiger partial charge in [0.1, 0.15) is 12.3 Å². The number of carbonyl (C=O) groups is 1. The standard InChI is InChI=1S/C20H24N4O5S2/c1-5-24(13-18-21-19(22-29-18)17-7-6-12-30-17)20(25)14(2)28-16-10-8-15(9-11-16)23(3)31(4,26)27/h6-12,14H,5,13H2,1-4H3. The second kappa shape index (κ2) is 9.48. The summed E-state index contributed by atoms with van der Waals surface area (Å²) in [6.45, 7) is 4.14. The first kappa shape index (κ1) is 22.8. The molecule has 0 aliphatic heterocycles. The monoisotopic (exact) mass is 464 g/mol. The number of likely N-dealkylation sites (N-methyl/N-ethyl adjacent to an activating group) is 1. The summed E-state index contributed by atoms with van der Waals surface area (Å²) in [5.41, 5.74) is 0.502. The molecule has 166 valence electrons. The van der Waals surface area contributed by atoms with Crippen LogP contribution in [0.15, 0.2) is 46.3 Å². The molecule has 0 N–H and O–H groups in total. The highest BCUT2D eigenvalue weighted by atomic mass is 32.2. The summed E-state index contributed by atoms with van der Waals surface area (Å²) in [7, 11) is -1.88. The van der Waals surface area contributed by atoms with Crippen molar-refractivity contribution in [2.75, 3.05) is 24.2 Å². The molecule has 9 nitrogen and oxygen atoms in total. The number of amides is 1. The molecule has 1 atom stereocenters. The average Bonchev–Trinajstić information content (AvgIpc) is 3.42. The first-order valence-electron chi connectivity index (χ1n) is 9.55. The van der Waals surface area contributed by atoms with Crippen molar-refractivity contribution in [3.63, 3.8) is 0 Å². The van der Waals surface area contributed by atoms with Gasteiger partial charge in [0.2, 0.25) is 21.7 Å². The third kappa shape index (κ3) is 5.61. The normalized spacial score (nSPS) is 12.4. The number of benzene rings is 1. The number of rotatable bonds is 9. The van der Waals surface area contributed by atoms with Crippen molar-refractivity contribution in [3.05, 3.63) is 47.7 Å². The zero-order valence-corrected chi connectivity index (χ0v) is 19.3. The fraction of sp³-hybridized carbons (Fsp3) is 0.350. The quantitative estimate of drug-likeness (QED) is 0.479. The molecule has 0 saturated carbocycles. The van der Waals surface area contributed by atoms with E-state index in [0.717, 1.165) is 11.1 Å². The van der Waals surface area contributed by atoms with Gasteiger partial charge in [0.25, 0.3) is 5.91 Å². The van der Waals surface area contributed by atoms with E-state index in [0.29, 0.717) is 29.7 Å². The molecule has 3 aromatic rings. The molecule has 0 radical (unpaired) electrons. The van der Waals surface area contributed by atoms with Crippen LogP contribution in [0, 0.1) is 0 Å². The van der Waals surface area contributed by atoms with Gasteiger partial charge < -0.3 is 14.2 Å². The van der Waals surface area contributed by atoms with Crippen LogP contribution in [0.2, 0.25) is 0 Å². The van der Waals surface area contributed by atoms with Gasteiger partial charge in [-0.15, -0.1) is 11.3 Å². The van der Waals surface area contributed by atoms with Crippen LogP contribution in [0.25, 0.3) is 10.7 Å². The summed E-state index contributed by atoms with van der Waals surface area (Å²) in [6, 6.07) is 10.3. The largest absolute Gasteiger partial charge is 0.481 e. The molecule has 1 aromatic carbocycles. The summed E-state index contributed by atoms with van der Waals surface area (Å²) >= 11 is 1.51. The predicted molar refractivity (Wildman–Crippen MR) is 118 cm³/mol. The maximum absolute atomic E-state index is 12.9. The third-order valence-corrected chi connectivity index (χ3v) is 6.66. The molecule has 0 saturated heterocycles. The van der Waals surface area contributed by atoms with E-state index in [-0.39, 0.29) is 12.5 Å². The SMILES string of the molecule is CCN(Cc1nc(-c2cccs2)no1)C(=O)C(C)Oc1ccc(N(C)S(C)(=O)=O)cc1. The number of hydrogen-bond donors (Lipinski definition) is 0. The number of aromatic nitrogens is 2. The third-order valence-electron chi connectivity index (χ3n) is 4.59. The van der Waals surface area contributed by atoms with E-state index in [1.54, 1.807) is 36.1 Å². The van der Waals surface area contributed by atoms with Gasteiger partial charge in [-0.05, 0) is 49.6 Å². The summed E-state index contributed by atoms with van der Waals surface area (Å²) in [5.74, 6) is 1.08. The van der Waals surface area contributed by atoms with Gasteiger partial charge in [0.15, 0.2) is 6.10 Å². The predicted octanol–water partition coefficient (Wildman–Crippen LogP) is 3.01. The van der Waals surface area contributed by atoms with E-state index >= 15 is 0 Å². The summed E-state index contributed by atoms with van der Waals surface area (Å²) < 4.78 is 35.5. The highest BCUT2D eigenvalue weighted by Gasteiger charge is 2.23. The zero-order chi connectivity index (χ0) is 22.6. The van der Waals surface area contributed by atoms with Crippen molar-refractivity contribution in [2.45, 2.75) is 26.5 Å². The van der Waals surface area contributed by atoms with E-state index in [4.69, 9.17) is 9.26 Å². The Bertz CT molecular complexity index is 1110. The van der Waals surface area contributed by atoms with Crippen LogP contribution in [0.3, 0.4) is 0 Å². The number of hydrogen-bond acceptors (Lipinski definition) is 8. The maximum atomic E-state index is 12.9. The molecule has 1 amide bonds. The van der Waals surface area contributed by atoms with Gasteiger partial charge >= 0.3 is 0 Å². The number of sulfonamides is 1. The molecule has 0 bridgehead atoms. The fourth-order valence-corrected chi connectivity index (χ4v) is 3.93. The molecule has 1 unspecified atom stereocenters. The maximum Gasteiger partial charge on any atom is 0.263 e. The summed E-state index contributed by atoms with van der Waals surface area (Å²) in [5, 5.41) is 5.89. The number of ether oxygens (including phenoxy) is 1. The lowest BCUT2D eigenvalue weighted by Crippen LogP contribution is -2.40. The Morgan fingerprint density at radius 1 is 1.26 bits per heavy atom. The van der Waals surface area contributed by atoms with Crippen molar-refractivity contribution < 1.29 is 22.5 Å². The molecule has 0 aliphatic carbocycles. The van der Waals surface area contributed by atoms with Crippen molar-refractivity contribution in [2.24, 2.45) is 0 Å². The van der Waals surface area contributed by atoms with Crippen molar-refractivity contribution in [3.8, 4) is 16.5 Å². The Morgan fingerprint density at radius 3 is 2.55 bits per heavy atom. The zero-order valence-electron chi connectivity index (χ0n) is 17.7. The Balaban J connectivity index is 1.62. The lowest BCUT2D eigenvalue weighted by atomic mass is 10.3. The van der Waals surface area contributed by atoms with Crippen molar-refractivity contribution in [1.82, 2.24) is 15.0 Å². The molecule has 3 rings (SSSR count). The van der Waals surface area contributed by atoms with Crippen LogP contribution in [-0.2, 0) is 21.4 Å². The van der Waals surface area contributed by atoms with Crippen LogP contribution in [0.5, 0.6) is 5.75 Å². The Morgan fingerprint density at radius 2 is 1.97 bits per heavy atom. The van der Waals surface area contributed by atoms with E-state index in [1.165, 1.54) is 22.7 Å². The number of anilines is 1. The highest BCUT2D eigenvalue weighted by molar-refractivity contribution is 7.92. The fourth-order valence-electron chi connectivity index (χ4n) is 2.77. The van der Waals surface area contributed by atoms with Crippen LogP contribution in [0.4, 0.5) is 5.69 Å². The van der Waals surface area contributed by atoms with Gasteiger partial charge in [0.05, 0.1) is 16.8 Å².